The number of fused-ring (bicyclic) bond motifs is 5. The van der Waals surface area contributed by atoms with Gasteiger partial charge < -0.3 is 9.47 Å². The Morgan fingerprint density at radius 2 is 1.79 bits per heavy atom. The molecule has 0 N–H and O–H groups in total. The molecule has 0 aromatic heterocycles. The third-order valence-corrected chi connectivity index (χ3v) is 10.1. The van der Waals surface area contributed by atoms with Crippen molar-refractivity contribution in [3.63, 3.8) is 0 Å². The fraction of sp³-hybridized carbons (Fsp3) is 0.840. The van der Waals surface area contributed by atoms with Gasteiger partial charge in [-0.1, -0.05) is 20.4 Å². The van der Waals surface area contributed by atoms with Crippen molar-refractivity contribution in [1.29, 1.82) is 0 Å². The van der Waals surface area contributed by atoms with Crippen molar-refractivity contribution < 1.29 is 19.1 Å². The molecule has 7 fully saturated rings. The summed E-state index contributed by atoms with van der Waals surface area (Å²) in [4.78, 5) is 25.6. The van der Waals surface area contributed by atoms with E-state index in [9.17, 15) is 9.59 Å². The lowest BCUT2D eigenvalue weighted by Crippen LogP contribution is -2.68. The van der Waals surface area contributed by atoms with Crippen LogP contribution in [-0.4, -0.2) is 24.1 Å². The Morgan fingerprint density at radius 1 is 1.10 bits per heavy atom. The van der Waals surface area contributed by atoms with E-state index >= 15 is 0 Å². The molecule has 6 unspecified atom stereocenters. The highest BCUT2D eigenvalue weighted by Crippen LogP contribution is 2.81. The third kappa shape index (κ3) is 2.16. The van der Waals surface area contributed by atoms with Crippen LogP contribution in [0.2, 0.25) is 0 Å². The normalized spacial score (nSPS) is 56.4. The van der Waals surface area contributed by atoms with E-state index < -0.39 is 0 Å². The van der Waals surface area contributed by atoms with Crippen LogP contribution in [0.3, 0.4) is 0 Å². The van der Waals surface area contributed by atoms with Crippen LogP contribution in [0.5, 0.6) is 0 Å². The second kappa shape index (κ2) is 5.11. The molecule has 7 aliphatic rings. The second-order valence-corrected chi connectivity index (χ2v) is 12.7. The van der Waals surface area contributed by atoms with Crippen LogP contribution in [0.1, 0.15) is 78.6 Å². The predicted octanol–water partition coefficient (Wildman–Crippen LogP) is 4.81. The topological polar surface area (TPSA) is 52.6 Å². The molecular weight excluding hydrogens is 364 g/mol. The zero-order chi connectivity index (χ0) is 20.4. The number of ether oxygens (including phenoxy) is 2. The number of cyclic esters (lactones) is 1. The highest BCUT2D eigenvalue weighted by Gasteiger charge is 2.77. The lowest BCUT2D eigenvalue weighted by molar-refractivity contribution is -0.269. The van der Waals surface area contributed by atoms with Gasteiger partial charge in [0.1, 0.15) is 5.60 Å². The Hall–Kier alpha value is -1.32. The van der Waals surface area contributed by atoms with Gasteiger partial charge in [-0.15, -0.1) is 0 Å². The minimum Gasteiger partial charge on any atom is -0.465 e. The number of carbonyl (C=O) groups excluding carboxylic acids is 2. The quantitative estimate of drug-likeness (QED) is 0.505. The van der Waals surface area contributed by atoms with Gasteiger partial charge in [0.15, 0.2) is 0 Å². The molecule has 1 saturated heterocycles. The smallest absolute Gasteiger partial charge is 0.333 e. The molecule has 7 rings (SSSR count). The fourth-order valence-corrected chi connectivity index (χ4v) is 10.7. The molecule has 6 atom stereocenters. The van der Waals surface area contributed by atoms with E-state index in [1.165, 1.54) is 32.1 Å². The second-order valence-electron chi connectivity index (χ2n) is 12.7. The number of rotatable bonds is 3. The van der Waals surface area contributed by atoms with Crippen LogP contribution in [0.4, 0.5) is 0 Å². The summed E-state index contributed by atoms with van der Waals surface area (Å²) >= 11 is 0. The maximum atomic E-state index is 12.9. The van der Waals surface area contributed by atoms with Gasteiger partial charge in [-0.25, -0.2) is 4.79 Å². The lowest BCUT2D eigenvalue weighted by Gasteiger charge is -2.72. The van der Waals surface area contributed by atoms with E-state index in [4.69, 9.17) is 9.47 Å². The number of hydrogen-bond acceptors (Lipinski definition) is 4. The average molecular weight is 399 g/mol. The Morgan fingerprint density at radius 3 is 2.45 bits per heavy atom. The van der Waals surface area contributed by atoms with Crippen molar-refractivity contribution in [1.82, 2.24) is 0 Å². The summed E-state index contributed by atoms with van der Waals surface area (Å²) in [6.45, 7) is 11.1. The predicted molar refractivity (Wildman–Crippen MR) is 108 cm³/mol. The van der Waals surface area contributed by atoms with Crippen molar-refractivity contribution in [2.75, 3.05) is 6.61 Å². The molecule has 1 heterocycles. The summed E-state index contributed by atoms with van der Waals surface area (Å²) in [5.74, 6) is 0.989. The number of carbonyl (C=O) groups is 2. The maximum Gasteiger partial charge on any atom is 0.333 e. The molecule has 158 valence electrons. The molecule has 6 saturated carbocycles. The Balaban J connectivity index is 1.47. The third-order valence-electron chi connectivity index (χ3n) is 10.1. The van der Waals surface area contributed by atoms with Crippen molar-refractivity contribution in [3.05, 3.63) is 12.2 Å². The first-order chi connectivity index (χ1) is 13.5. The Labute approximate surface area is 173 Å². The van der Waals surface area contributed by atoms with Crippen LogP contribution in [-0.2, 0) is 19.1 Å². The van der Waals surface area contributed by atoms with Crippen molar-refractivity contribution in [3.8, 4) is 0 Å². The van der Waals surface area contributed by atoms with Gasteiger partial charge in [-0.2, -0.15) is 0 Å². The fourth-order valence-electron chi connectivity index (χ4n) is 10.7. The molecule has 0 radical (unpaired) electrons. The molecule has 29 heavy (non-hydrogen) atoms. The molecule has 4 nitrogen and oxygen atoms in total. The van der Waals surface area contributed by atoms with Crippen molar-refractivity contribution in [2.24, 2.45) is 39.4 Å². The van der Waals surface area contributed by atoms with Crippen LogP contribution >= 0.6 is 0 Å². The van der Waals surface area contributed by atoms with Gasteiger partial charge in [-0.3, -0.25) is 4.79 Å². The lowest BCUT2D eigenvalue weighted by atomic mass is 9.33. The standard InChI is InChI=1S/C25H34O4/c1-15(2)19(26)29-24-12-21(3)9-22(4,13-24)11-23(10-21,14-24)25-6-5-16(7-25)17-8-28-20(27)18(17)25/h16-18H,1,5-14H2,2-4H3. The zero-order valence-corrected chi connectivity index (χ0v) is 18.1. The average Bonchev–Trinajstić information content (AvgIpc) is 3.24. The molecule has 6 bridgehead atoms. The van der Waals surface area contributed by atoms with Gasteiger partial charge in [0.2, 0.25) is 0 Å². The summed E-state index contributed by atoms with van der Waals surface area (Å²) in [6.07, 6.45) is 10.0. The monoisotopic (exact) mass is 398 g/mol. The summed E-state index contributed by atoms with van der Waals surface area (Å²) in [6, 6.07) is 0. The Kier molecular flexibility index (Phi) is 3.25. The van der Waals surface area contributed by atoms with E-state index in [0.717, 1.165) is 25.7 Å². The van der Waals surface area contributed by atoms with Crippen LogP contribution in [0.15, 0.2) is 12.2 Å². The molecule has 0 aromatic rings. The minimum absolute atomic E-state index is 0.0561. The minimum atomic E-state index is -0.387. The molecule has 0 amide bonds. The zero-order valence-electron chi connectivity index (χ0n) is 18.1. The summed E-state index contributed by atoms with van der Waals surface area (Å²) < 4.78 is 11.9. The van der Waals surface area contributed by atoms with Crippen LogP contribution in [0, 0.1) is 39.4 Å². The number of esters is 2. The van der Waals surface area contributed by atoms with Gasteiger partial charge in [0.05, 0.1) is 12.5 Å². The van der Waals surface area contributed by atoms with Crippen LogP contribution in [0.25, 0.3) is 0 Å². The van der Waals surface area contributed by atoms with Crippen molar-refractivity contribution >= 4 is 11.9 Å². The molecule has 4 heteroatoms. The first-order valence-electron chi connectivity index (χ1n) is 11.6. The van der Waals surface area contributed by atoms with E-state index in [1.54, 1.807) is 6.92 Å². The highest BCUT2D eigenvalue weighted by atomic mass is 16.6. The first kappa shape index (κ1) is 18.4. The molecule has 6 aliphatic carbocycles. The molecule has 0 spiro atoms. The van der Waals surface area contributed by atoms with E-state index in [0.29, 0.717) is 24.0 Å². The van der Waals surface area contributed by atoms with Gasteiger partial charge in [-0.05, 0) is 92.3 Å². The largest absolute Gasteiger partial charge is 0.465 e. The molecular formula is C25H34O4. The summed E-state index contributed by atoms with van der Waals surface area (Å²) in [5.41, 5.74) is 0.628. The van der Waals surface area contributed by atoms with E-state index in [-0.39, 0.29) is 45.1 Å². The van der Waals surface area contributed by atoms with E-state index in [1.807, 2.05) is 0 Å². The summed E-state index contributed by atoms with van der Waals surface area (Å²) in [7, 11) is 0. The van der Waals surface area contributed by atoms with Gasteiger partial charge in [0.25, 0.3) is 0 Å². The molecule has 1 aliphatic heterocycles. The number of hydrogen-bond donors (Lipinski definition) is 0. The van der Waals surface area contributed by atoms with Crippen molar-refractivity contribution in [2.45, 2.75) is 84.2 Å². The SMILES string of the molecule is C=C(C)C(=O)OC12CC3(C)CC(C)(C1)CC(C14CCC(C1)C1COC(=O)C14)(C3)C2. The van der Waals surface area contributed by atoms with E-state index in [2.05, 4.69) is 20.4 Å². The molecule has 0 aromatic carbocycles. The van der Waals surface area contributed by atoms with Crippen LogP contribution < -0.4 is 0 Å². The summed E-state index contributed by atoms with van der Waals surface area (Å²) in [5, 5.41) is 0. The van der Waals surface area contributed by atoms with Gasteiger partial charge >= 0.3 is 11.9 Å². The van der Waals surface area contributed by atoms with Gasteiger partial charge in [0, 0.05) is 11.5 Å². The highest BCUT2D eigenvalue weighted by molar-refractivity contribution is 5.87. The Bertz CT molecular complexity index is 824. The first-order valence-corrected chi connectivity index (χ1v) is 11.6. The maximum absolute atomic E-state index is 12.9.